The number of hydrogen-bond acceptors (Lipinski definition) is 5. The number of nitrogens with one attached hydrogen (secondary N) is 1. The van der Waals surface area contributed by atoms with E-state index < -0.39 is 16.0 Å². The number of nitrogen functional groups attached to an aromatic ring is 1. The van der Waals surface area contributed by atoms with E-state index in [1.54, 1.807) is 0 Å². The molecule has 0 heterocycles. The maximum Gasteiger partial charge on any atom is 0.339 e. The third kappa shape index (κ3) is 3.93. The van der Waals surface area contributed by atoms with Gasteiger partial charge in [-0.15, -0.1) is 0 Å². The molecule has 0 unspecified atom stereocenters. The summed E-state index contributed by atoms with van der Waals surface area (Å²) in [4.78, 5) is 11.5. The first-order valence-electron chi connectivity index (χ1n) is 5.90. The normalized spacial score (nSPS) is 11.3. The molecule has 7 heteroatoms. The molecule has 0 saturated heterocycles. The predicted molar refractivity (Wildman–Crippen MR) is 72.3 cm³/mol. The Hall–Kier alpha value is -1.60. The molecular formula is C12H18N2O4S. The van der Waals surface area contributed by atoms with Gasteiger partial charge in [-0.2, -0.15) is 0 Å². The van der Waals surface area contributed by atoms with Crippen LogP contribution in [0.2, 0.25) is 0 Å². The molecule has 0 saturated carbocycles. The largest absolute Gasteiger partial charge is 0.465 e. The molecule has 0 aliphatic heterocycles. The monoisotopic (exact) mass is 286 g/mol. The van der Waals surface area contributed by atoms with Gasteiger partial charge in [-0.3, -0.25) is 0 Å². The van der Waals surface area contributed by atoms with Crippen molar-refractivity contribution in [2.45, 2.75) is 24.7 Å². The molecule has 1 aromatic carbocycles. The zero-order chi connectivity index (χ0) is 14.5. The van der Waals surface area contributed by atoms with Gasteiger partial charge in [-0.1, -0.05) is 13.3 Å². The number of unbranched alkanes of at least 4 members (excludes halogenated alkanes) is 1. The highest BCUT2D eigenvalue weighted by atomic mass is 32.2. The van der Waals surface area contributed by atoms with Crippen LogP contribution in [0.5, 0.6) is 0 Å². The van der Waals surface area contributed by atoms with Gasteiger partial charge < -0.3 is 10.5 Å². The summed E-state index contributed by atoms with van der Waals surface area (Å²) in [6, 6.07) is 4.02. The number of rotatable bonds is 6. The summed E-state index contributed by atoms with van der Waals surface area (Å²) in [7, 11) is -2.55. The van der Waals surface area contributed by atoms with E-state index in [1.807, 2.05) is 6.92 Å². The molecule has 106 valence electrons. The summed E-state index contributed by atoms with van der Waals surface area (Å²) in [6.45, 7) is 2.28. The van der Waals surface area contributed by atoms with Gasteiger partial charge in [-0.05, 0) is 24.6 Å². The van der Waals surface area contributed by atoms with Gasteiger partial charge >= 0.3 is 5.97 Å². The molecule has 0 aliphatic rings. The van der Waals surface area contributed by atoms with Crippen molar-refractivity contribution in [2.75, 3.05) is 19.4 Å². The minimum atomic E-state index is -3.74. The van der Waals surface area contributed by atoms with Crippen LogP contribution >= 0.6 is 0 Å². The van der Waals surface area contributed by atoms with Gasteiger partial charge in [0, 0.05) is 12.2 Å². The van der Waals surface area contributed by atoms with Crippen LogP contribution in [-0.2, 0) is 14.8 Å². The lowest BCUT2D eigenvalue weighted by Gasteiger charge is -2.10. The Morgan fingerprint density at radius 3 is 2.68 bits per heavy atom. The number of nitrogens with two attached hydrogens (primary N) is 1. The number of sulfonamides is 1. The first-order chi connectivity index (χ1) is 8.92. The fourth-order valence-corrected chi connectivity index (χ4v) is 2.76. The highest BCUT2D eigenvalue weighted by Gasteiger charge is 2.22. The standard InChI is InChI=1S/C12H18N2O4S/c1-3-4-7-14-19(16,17)11-6-5-9(13)8-10(11)12(15)18-2/h5-6,8,14H,3-4,7,13H2,1-2H3. The molecule has 6 nitrogen and oxygen atoms in total. The van der Waals surface area contributed by atoms with Crippen LogP contribution in [0.1, 0.15) is 30.1 Å². The van der Waals surface area contributed by atoms with Crippen LogP contribution in [-0.4, -0.2) is 28.0 Å². The third-order valence-electron chi connectivity index (χ3n) is 2.52. The molecular weight excluding hydrogens is 268 g/mol. The summed E-state index contributed by atoms with van der Waals surface area (Å²) < 4.78 is 31.2. The van der Waals surface area contributed by atoms with E-state index >= 15 is 0 Å². The Bertz CT molecular complexity index is 555. The quantitative estimate of drug-likeness (QED) is 0.464. The molecule has 0 bridgehead atoms. The Morgan fingerprint density at radius 1 is 1.42 bits per heavy atom. The second-order valence-electron chi connectivity index (χ2n) is 4.00. The number of carbonyl (C=O) groups excluding carboxylic acids is 1. The number of benzene rings is 1. The van der Waals surface area contributed by atoms with Crippen LogP contribution in [0, 0.1) is 0 Å². The van der Waals surface area contributed by atoms with Crippen molar-refractivity contribution < 1.29 is 17.9 Å². The van der Waals surface area contributed by atoms with Crippen molar-refractivity contribution in [2.24, 2.45) is 0 Å². The lowest BCUT2D eigenvalue weighted by molar-refractivity contribution is 0.0596. The smallest absolute Gasteiger partial charge is 0.339 e. The molecule has 3 N–H and O–H groups in total. The van der Waals surface area contributed by atoms with Gasteiger partial charge in [0.1, 0.15) is 0 Å². The fourth-order valence-electron chi connectivity index (χ4n) is 1.51. The second kappa shape index (κ2) is 6.53. The maximum atomic E-state index is 12.1. The van der Waals surface area contributed by atoms with Crippen molar-refractivity contribution in [3.05, 3.63) is 23.8 Å². The van der Waals surface area contributed by atoms with Crippen molar-refractivity contribution in [3.8, 4) is 0 Å². The summed E-state index contributed by atoms with van der Waals surface area (Å²) in [5, 5.41) is 0. The number of methoxy groups -OCH3 is 1. The molecule has 0 aromatic heterocycles. The minimum Gasteiger partial charge on any atom is -0.465 e. The van der Waals surface area contributed by atoms with Crippen molar-refractivity contribution >= 4 is 21.7 Å². The van der Waals surface area contributed by atoms with E-state index in [0.29, 0.717) is 12.2 Å². The van der Waals surface area contributed by atoms with Gasteiger partial charge in [0.25, 0.3) is 0 Å². The zero-order valence-electron chi connectivity index (χ0n) is 11.0. The van der Waals surface area contributed by atoms with E-state index in [4.69, 9.17) is 5.73 Å². The third-order valence-corrected chi connectivity index (χ3v) is 4.04. The number of anilines is 1. The maximum absolute atomic E-state index is 12.1. The van der Waals surface area contributed by atoms with E-state index in [2.05, 4.69) is 9.46 Å². The topological polar surface area (TPSA) is 98.5 Å². The van der Waals surface area contributed by atoms with Gasteiger partial charge in [0.2, 0.25) is 10.0 Å². The van der Waals surface area contributed by atoms with Crippen molar-refractivity contribution in [3.63, 3.8) is 0 Å². The Morgan fingerprint density at radius 2 is 2.11 bits per heavy atom. The van der Waals surface area contributed by atoms with E-state index in [1.165, 1.54) is 25.3 Å². The summed E-state index contributed by atoms with van der Waals surface area (Å²) in [5.74, 6) is -0.733. The van der Waals surface area contributed by atoms with Crippen LogP contribution in [0.25, 0.3) is 0 Å². The average Bonchev–Trinajstić information content (AvgIpc) is 2.37. The summed E-state index contributed by atoms with van der Waals surface area (Å²) >= 11 is 0. The van der Waals surface area contributed by atoms with E-state index in [9.17, 15) is 13.2 Å². The van der Waals surface area contributed by atoms with E-state index in [0.717, 1.165) is 12.8 Å². The molecule has 1 aromatic rings. The minimum absolute atomic E-state index is 0.0634. The van der Waals surface area contributed by atoms with Gasteiger partial charge in [-0.25, -0.2) is 17.9 Å². The molecule has 0 radical (unpaired) electrons. The molecule has 19 heavy (non-hydrogen) atoms. The van der Waals surface area contributed by atoms with Crippen LogP contribution in [0.15, 0.2) is 23.1 Å². The van der Waals surface area contributed by atoms with E-state index in [-0.39, 0.29) is 10.5 Å². The highest BCUT2D eigenvalue weighted by molar-refractivity contribution is 7.89. The van der Waals surface area contributed by atoms with Gasteiger partial charge in [0.05, 0.1) is 17.6 Å². The number of carbonyl (C=O) groups is 1. The fraction of sp³-hybridized carbons (Fsp3) is 0.417. The number of hydrogen-bond donors (Lipinski definition) is 2. The van der Waals surface area contributed by atoms with Crippen molar-refractivity contribution in [1.82, 2.24) is 4.72 Å². The van der Waals surface area contributed by atoms with Crippen molar-refractivity contribution in [1.29, 1.82) is 0 Å². The first-order valence-corrected chi connectivity index (χ1v) is 7.38. The number of esters is 1. The zero-order valence-corrected chi connectivity index (χ0v) is 11.8. The molecule has 0 spiro atoms. The van der Waals surface area contributed by atoms with Crippen LogP contribution in [0.4, 0.5) is 5.69 Å². The molecule has 1 rings (SSSR count). The first kappa shape index (κ1) is 15.5. The lowest BCUT2D eigenvalue weighted by Crippen LogP contribution is -2.26. The highest BCUT2D eigenvalue weighted by Crippen LogP contribution is 2.19. The summed E-state index contributed by atoms with van der Waals surface area (Å²) in [5.41, 5.74) is 5.80. The summed E-state index contributed by atoms with van der Waals surface area (Å²) in [6.07, 6.45) is 1.59. The van der Waals surface area contributed by atoms with Crippen LogP contribution < -0.4 is 10.5 Å². The van der Waals surface area contributed by atoms with Gasteiger partial charge in [0.15, 0.2) is 0 Å². The number of ether oxygens (including phenoxy) is 1. The lowest BCUT2D eigenvalue weighted by atomic mass is 10.2. The SMILES string of the molecule is CCCCNS(=O)(=O)c1ccc(N)cc1C(=O)OC. The molecule has 0 aliphatic carbocycles. The Kier molecular flexibility index (Phi) is 5.31. The molecule has 0 amide bonds. The van der Waals surface area contributed by atoms with Crippen LogP contribution in [0.3, 0.4) is 0 Å². The average molecular weight is 286 g/mol. The molecule has 0 atom stereocenters. The second-order valence-corrected chi connectivity index (χ2v) is 5.73. The predicted octanol–water partition coefficient (Wildman–Crippen LogP) is 1.13. The Labute approximate surface area is 113 Å². The Balaban J connectivity index is 3.15. The molecule has 0 fully saturated rings.